The molecule has 0 heterocycles. The Bertz CT molecular complexity index is 345. The van der Waals surface area contributed by atoms with Crippen molar-refractivity contribution < 1.29 is 5.11 Å². The number of aryl methyl sites for hydroxylation is 1. The van der Waals surface area contributed by atoms with Gasteiger partial charge in [0.2, 0.25) is 0 Å². The van der Waals surface area contributed by atoms with Crippen LogP contribution in [0.5, 0.6) is 0 Å². The van der Waals surface area contributed by atoms with E-state index in [9.17, 15) is 5.11 Å². The van der Waals surface area contributed by atoms with Crippen molar-refractivity contribution >= 4 is 0 Å². The third-order valence-corrected chi connectivity index (χ3v) is 4.15. The van der Waals surface area contributed by atoms with Gasteiger partial charge in [-0.25, -0.2) is 0 Å². The fourth-order valence-corrected chi connectivity index (χ4v) is 3.14. The lowest BCUT2D eigenvalue weighted by Crippen LogP contribution is -2.17. The molecular weight excluding hydrogens is 196 g/mol. The van der Waals surface area contributed by atoms with Crippen molar-refractivity contribution in [2.75, 3.05) is 0 Å². The van der Waals surface area contributed by atoms with E-state index in [2.05, 4.69) is 26.0 Å². The first-order valence-electron chi connectivity index (χ1n) is 6.47. The predicted octanol–water partition coefficient (Wildman–Crippen LogP) is 3.85. The van der Waals surface area contributed by atoms with Crippen LogP contribution in [-0.2, 0) is 0 Å². The summed E-state index contributed by atoms with van der Waals surface area (Å²) >= 11 is 0. The van der Waals surface area contributed by atoms with Crippen molar-refractivity contribution in [3.63, 3.8) is 0 Å². The van der Waals surface area contributed by atoms with Crippen LogP contribution in [0.4, 0.5) is 0 Å². The van der Waals surface area contributed by atoms with E-state index in [4.69, 9.17) is 0 Å². The molecule has 2 rings (SSSR count). The molecule has 1 heteroatoms. The smallest absolute Gasteiger partial charge is 0.0823 e. The summed E-state index contributed by atoms with van der Waals surface area (Å²) in [7, 11) is 0. The van der Waals surface area contributed by atoms with Gasteiger partial charge in [0.25, 0.3) is 0 Å². The van der Waals surface area contributed by atoms with Crippen molar-refractivity contribution in [2.24, 2.45) is 11.8 Å². The van der Waals surface area contributed by atoms with Crippen molar-refractivity contribution in [2.45, 2.75) is 45.6 Å². The highest BCUT2D eigenvalue weighted by Crippen LogP contribution is 2.42. The van der Waals surface area contributed by atoms with Gasteiger partial charge in [0.05, 0.1) is 6.10 Å². The number of aliphatic hydroxyl groups is 1. The zero-order valence-corrected chi connectivity index (χ0v) is 10.3. The Morgan fingerprint density at radius 1 is 1.31 bits per heavy atom. The lowest BCUT2D eigenvalue weighted by atomic mass is 9.84. The summed E-state index contributed by atoms with van der Waals surface area (Å²) in [6, 6.07) is 8.23. The van der Waals surface area contributed by atoms with Crippen LogP contribution in [0.15, 0.2) is 24.3 Å². The molecule has 1 nitrogen and oxygen atoms in total. The van der Waals surface area contributed by atoms with Crippen molar-refractivity contribution in [3.05, 3.63) is 35.4 Å². The van der Waals surface area contributed by atoms with Crippen LogP contribution in [-0.4, -0.2) is 5.11 Å². The van der Waals surface area contributed by atoms with Gasteiger partial charge in [-0.15, -0.1) is 0 Å². The minimum atomic E-state index is -0.256. The molecule has 0 saturated heterocycles. The Kier molecular flexibility index (Phi) is 3.65. The molecule has 1 fully saturated rings. The van der Waals surface area contributed by atoms with E-state index in [1.54, 1.807) is 0 Å². The summed E-state index contributed by atoms with van der Waals surface area (Å²) in [5.74, 6) is 1.20. The van der Waals surface area contributed by atoms with Crippen molar-refractivity contribution in [3.8, 4) is 0 Å². The summed E-state index contributed by atoms with van der Waals surface area (Å²) in [4.78, 5) is 0. The molecule has 16 heavy (non-hydrogen) atoms. The fraction of sp³-hybridized carbons (Fsp3) is 0.600. The van der Waals surface area contributed by atoms with E-state index < -0.39 is 0 Å². The lowest BCUT2D eigenvalue weighted by Gasteiger charge is -2.25. The topological polar surface area (TPSA) is 20.2 Å². The molecule has 0 aliphatic heterocycles. The maximum Gasteiger partial charge on any atom is 0.0823 e. The standard InChI is InChI=1S/C15H22O/c1-3-12-8-6-10-14(12)15(16)13-9-5-4-7-11(13)2/h4-5,7,9,12,14-16H,3,6,8,10H2,1-2H3/t12?,14?,15-/m1/s1. The van der Waals surface area contributed by atoms with Gasteiger partial charge in [0, 0.05) is 0 Å². The summed E-state index contributed by atoms with van der Waals surface area (Å²) in [6.07, 6.45) is 4.71. The Morgan fingerprint density at radius 2 is 2.06 bits per heavy atom. The molecule has 0 radical (unpaired) electrons. The second-order valence-corrected chi connectivity index (χ2v) is 5.06. The van der Waals surface area contributed by atoms with Crippen LogP contribution in [0.1, 0.15) is 49.8 Å². The van der Waals surface area contributed by atoms with Crippen LogP contribution < -0.4 is 0 Å². The van der Waals surface area contributed by atoms with E-state index in [1.165, 1.54) is 31.2 Å². The molecule has 1 aromatic rings. The van der Waals surface area contributed by atoms with Gasteiger partial charge in [-0.2, -0.15) is 0 Å². The molecule has 0 aromatic heterocycles. The number of aliphatic hydroxyl groups excluding tert-OH is 1. The zero-order valence-electron chi connectivity index (χ0n) is 10.3. The molecule has 1 aromatic carbocycles. The second kappa shape index (κ2) is 5.01. The minimum absolute atomic E-state index is 0.256. The number of hydrogen-bond donors (Lipinski definition) is 1. The van der Waals surface area contributed by atoms with Gasteiger partial charge in [-0.05, 0) is 36.3 Å². The average Bonchev–Trinajstić information content (AvgIpc) is 2.77. The second-order valence-electron chi connectivity index (χ2n) is 5.06. The monoisotopic (exact) mass is 218 g/mol. The van der Waals surface area contributed by atoms with E-state index >= 15 is 0 Å². The van der Waals surface area contributed by atoms with Gasteiger partial charge in [0.1, 0.15) is 0 Å². The summed E-state index contributed by atoms with van der Waals surface area (Å²) < 4.78 is 0. The van der Waals surface area contributed by atoms with Gasteiger partial charge in [-0.3, -0.25) is 0 Å². The Hall–Kier alpha value is -0.820. The van der Waals surface area contributed by atoms with E-state index in [0.717, 1.165) is 11.5 Å². The summed E-state index contributed by atoms with van der Waals surface area (Å²) in [6.45, 7) is 4.34. The fourth-order valence-electron chi connectivity index (χ4n) is 3.14. The molecule has 1 aliphatic carbocycles. The highest BCUT2D eigenvalue weighted by molar-refractivity contribution is 5.28. The van der Waals surface area contributed by atoms with Crippen LogP contribution in [0, 0.1) is 18.8 Å². The first-order valence-corrected chi connectivity index (χ1v) is 6.47. The molecule has 0 bridgehead atoms. The lowest BCUT2D eigenvalue weighted by molar-refractivity contribution is 0.0838. The quantitative estimate of drug-likeness (QED) is 0.817. The van der Waals surface area contributed by atoms with Gasteiger partial charge >= 0.3 is 0 Å². The highest BCUT2D eigenvalue weighted by Gasteiger charge is 2.32. The number of benzene rings is 1. The first-order chi connectivity index (χ1) is 7.74. The first kappa shape index (κ1) is 11.7. The maximum atomic E-state index is 10.5. The van der Waals surface area contributed by atoms with Gasteiger partial charge in [-0.1, -0.05) is 50.5 Å². The van der Waals surface area contributed by atoms with E-state index in [-0.39, 0.29) is 6.10 Å². The molecule has 1 N–H and O–H groups in total. The Balaban J connectivity index is 2.18. The highest BCUT2D eigenvalue weighted by atomic mass is 16.3. The Morgan fingerprint density at radius 3 is 2.75 bits per heavy atom. The number of rotatable bonds is 3. The number of hydrogen-bond acceptors (Lipinski definition) is 1. The molecule has 1 aliphatic rings. The molecular formula is C15H22O. The van der Waals surface area contributed by atoms with Crippen molar-refractivity contribution in [1.29, 1.82) is 0 Å². The Labute approximate surface area is 98.5 Å². The SMILES string of the molecule is CCC1CCCC1[C@H](O)c1ccccc1C. The van der Waals surface area contributed by atoms with Crippen LogP contribution in [0.25, 0.3) is 0 Å². The molecule has 3 atom stereocenters. The predicted molar refractivity (Wildman–Crippen MR) is 67.3 cm³/mol. The average molecular weight is 218 g/mol. The largest absolute Gasteiger partial charge is 0.388 e. The van der Waals surface area contributed by atoms with Gasteiger partial charge in [0.15, 0.2) is 0 Å². The van der Waals surface area contributed by atoms with Crippen LogP contribution >= 0.6 is 0 Å². The van der Waals surface area contributed by atoms with Crippen LogP contribution in [0.2, 0.25) is 0 Å². The van der Waals surface area contributed by atoms with E-state index in [0.29, 0.717) is 5.92 Å². The normalized spacial score (nSPS) is 26.9. The van der Waals surface area contributed by atoms with Crippen LogP contribution in [0.3, 0.4) is 0 Å². The zero-order chi connectivity index (χ0) is 11.5. The molecule has 0 spiro atoms. The molecule has 0 amide bonds. The summed E-state index contributed by atoms with van der Waals surface area (Å²) in [5, 5.41) is 10.5. The van der Waals surface area contributed by atoms with E-state index in [1.807, 2.05) is 12.1 Å². The molecule has 88 valence electrons. The van der Waals surface area contributed by atoms with Crippen molar-refractivity contribution in [1.82, 2.24) is 0 Å². The molecule has 2 unspecified atom stereocenters. The maximum absolute atomic E-state index is 10.5. The summed E-state index contributed by atoms with van der Waals surface area (Å²) in [5.41, 5.74) is 2.35. The molecule has 1 saturated carbocycles. The third-order valence-electron chi connectivity index (χ3n) is 4.15. The van der Waals surface area contributed by atoms with Gasteiger partial charge < -0.3 is 5.11 Å². The third kappa shape index (κ3) is 2.15. The minimum Gasteiger partial charge on any atom is -0.388 e.